The first kappa shape index (κ1) is 21.2. The molecule has 0 unspecified atom stereocenters. The lowest BCUT2D eigenvalue weighted by Crippen LogP contribution is -2.41. The summed E-state index contributed by atoms with van der Waals surface area (Å²) in [7, 11) is 3.52. The summed E-state index contributed by atoms with van der Waals surface area (Å²) in [5.41, 5.74) is 1.36. The average Bonchev–Trinajstić information content (AvgIpc) is 2.56. The third kappa shape index (κ3) is 5.86. The number of aromatic nitrogens is 2. The maximum Gasteiger partial charge on any atom is 0.331 e. The second kappa shape index (κ2) is 10.2. The Bertz CT molecular complexity index is 701. The summed E-state index contributed by atoms with van der Waals surface area (Å²) in [6.07, 6.45) is 4.62. The van der Waals surface area contributed by atoms with Gasteiger partial charge in [-0.2, -0.15) is 0 Å². The normalized spacial score (nSPS) is 13.1. The van der Waals surface area contributed by atoms with Gasteiger partial charge < -0.3 is 15.7 Å². The summed E-state index contributed by atoms with van der Waals surface area (Å²) < 4.78 is 2.78. The minimum Gasteiger partial charge on any atom is -0.393 e. The minimum absolute atomic E-state index is 0.296. The van der Waals surface area contributed by atoms with E-state index in [4.69, 9.17) is 0 Å². The molecule has 1 rings (SSSR count). The molecule has 0 fully saturated rings. The zero-order chi connectivity index (χ0) is 19.0. The van der Waals surface area contributed by atoms with Crippen LogP contribution in [0.25, 0.3) is 0 Å². The van der Waals surface area contributed by atoms with Gasteiger partial charge in [-0.3, -0.25) is 13.9 Å². The Kier molecular flexibility index (Phi) is 8.65. The highest BCUT2D eigenvalue weighted by Gasteiger charge is 2.15. The molecule has 7 heteroatoms. The fourth-order valence-electron chi connectivity index (χ4n) is 2.68. The van der Waals surface area contributed by atoms with E-state index in [1.54, 1.807) is 20.9 Å². The number of nitrogens with zero attached hydrogens (tertiary/aromatic N) is 2. The highest BCUT2D eigenvalue weighted by molar-refractivity contribution is 5.50. The van der Waals surface area contributed by atoms with E-state index >= 15 is 0 Å². The van der Waals surface area contributed by atoms with Gasteiger partial charge in [-0.15, -0.1) is 0 Å². The van der Waals surface area contributed by atoms with Crippen LogP contribution in [-0.2, 0) is 13.6 Å². The summed E-state index contributed by atoms with van der Waals surface area (Å²) >= 11 is 0. The van der Waals surface area contributed by atoms with Gasteiger partial charge in [0.2, 0.25) is 0 Å². The zero-order valence-electron chi connectivity index (χ0n) is 16.1. The highest BCUT2D eigenvalue weighted by atomic mass is 16.3. The maximum absolute atomic E-state index is 12.8. The van der Waals surface area contributed by atoms with Crippen molar-refractivity contribution in [3.63, 3.8) is 0 Å². The van der Waals surface area contributed by atoms with Crippen LogP contribution in [0.2, 0.25) is 0 Å². The number of allylic oxidation sites excluding steroid dienone is 1. The van der Waals surface area contributed by atoms with Crippen molar-refractivity contribution in [3.05, 3.63) is 38.3 Å². The Morgan fingerprint density at radius 3 is 2.56 bits per heavy atom. The van der Waals surface area contributed by atoms with Crippen molar-refractivity contribution < 1.29 is 5.11 Å². The number of aliphatic hydroxyl groups excluding tert-OH is 1. The van der Waals surface area contributed by atoms with Crippen LogP contribution in [0.3, 0.4) is 0 Å². The van der Waals surface area contributed by atoms with Gasteiger partial charge in [-0.25, -0.2) is 4.79 Å². The van der Waals surface area contributed by atoms with E-state index in [1.807, 2.05) is 20.0 Å². The summed E-state index contributed by atoms with van der Waals surface area (Å²) in [5, 5.41) is 15.6. The van der Waals surface area contributed by atoms with Crippen LogP contribution in [0.4, 0.5) is 5.69 Å². The predicted molar refractivity (Wildman–Crippen MR) is 102 cm³/mol. The van der Waals surface area contributed by atoms with Gasteiger partial charge in [0.1, 0.15) is 5.69 Å². The fourth-order valence-corrected chi connectivity index (χ4v) is 2.68. The van der Waals surface area contributed by atoms with Crippen LogP contribution >= 0.6 is 0 Å². The van der Waals surface area contributed by atoms with Crippen molar-refractivity contribution >= 4 is 5.69 Å². The van der Waals surface area contributed by atoms with E-state index in [-0.39, 0.29) is 17.4 Å². The lowest BCUT2D eigenvalue weighted by atomic mass is 10.2. The van der Waals surface area contributed by atoms with Gasteiger partial charge in [0.05, 0.1) is 6.10 Å². The second-order valence-corrected chi connectivity index (χ2v) is 6.40. The van der Waals surface area contributed by atoms with E-state index in [0.29, 0.717) is 37.3 Å². The molecule has 0 aliphatic carbocycles. The highest BCUT2D eigenvalue weighted by Crippen LogP contribution is 2.10. The van der Waals surface area contributed by atoms with Crippen LogP contribution < -0.4 is 21.9 Å². The molecule has 1 aromatic heterocycles. The van der Waals surface area contributed by atoms with Crippen molar-refractivity contribution in [2.75, 3.05) is 18.9 Å². The number of likely N-dealkylation sites (N-methyl/N-ethyl adjacent to an activating group) is 1. The predicted octanol–water partition coefficient (Wildman–Crippen LogP) is 1.33. The molecule has 0 aliphatic rings. The smallest absolute Gasteiger partial charge is 0.331 e. The molecule has 0 saturated carbocycles. The summed E-state index contributed by atoms with van der Waals surface area (Å²) in [4.78, 5) is 25.3. The standard InChI is InChI=1S/C18H32N4O3/c1-6-9-15(12-19-4)20-16-14(3)21(5)18(25)22(17(16)24)11-8-7-10-13(2)23/h9,13,19-20,23H,6-8,10-12H2,1-5H3/b15-9-/t13-/m1/s1. The van der Waals surface area contributed by atoms with Gasteiger partial charge >= 0.3 is 5.69 Å². The van der Waals surface area contributed by atoms with Crippen LogP contribution in [-0.4, -0.2) is 33.9 Å². The van der Waals surface area contributed by atoms with Crippen molar-refractivity contribution in [1.82, 2.24) is 14.5 Å². The first-order valence-corrected chi connectivity index (χ1v) is 8.92. The summed E-state index contributed by atoms with van der Waals surface area (Å²) in [6, 6.07) is 0. The van der Waals surface area contributed by atoms with Crippen LogP contribution in [0, 0.1) is 6.92 Å². The number of hydrogen-bond acceptors (Lipinski definition) is 5. The quantitative estimate of drug-likeness (QED) is 0.553. The molecule has 0 bridgehead atoms. The van der Waals surface area contributed by atoms with E-state index in [0.717, 1.165) is 18.5 Å². The molecule has 0 amide bonds. The van der Waals surface area contributed by atoms with Crippen LogP contribution in [0.15, 0.2) is 21.4 Å². The first-order chi connectivity index (χ1) is 11.8. The molecule has 3 N–H and O–H groups in total. The number of aliphatic hydroxyl groups is 1. The molecule has 7 nitrogen and oxygen atoms in total. The van der Waals surface area contributed by atoms with Gasteiger partial charge in [0.25, 0.3) is 5.56 Å². The number of anilines is 1. The lowest BCUT2D eigenvalue weighted by molar-refractivity contribution is 0.180. The fraction of sp³-hybridized carbons (Fsp3) is 0.667. The molecule has 1 atom stereocenters. The van der Waals surface area contributed by atoms with E-state index < -0.39 is 0 Å². The number of nitrogens with one attached hydrogen (secondary N) is 2. The molecule has 142 valence electrons. The van der Waals surface area contributed by atoms with Crippen molar-refractivity contribution in [2.24, 2.45) is 7.05 Å². The monoisotopic (exact) mass is 352 g/mol. The Morgan fingerprint density at radius 2 is 2.00 bits per heavy atom. The zero-order valence-corrected chi connectivity index (χ0v) is 16.1. The Labute approximate surface area is 149 Å². The van der Waals surface area contributed by atoms with Crippen LogP contribution in [0.5, 0.6) is 0 Å². The summed E-state index contributed by atoms with van der Waals surface area (Å²) in [5.74, 6) is 0. The third-order valence-corrected chi connectivity index (χ3v) is 4.20. The molecular formula is C18H32N4O3. The van der Waals surface area contributed by atoms with E-state index in [1.165, 1.54) is 9.13 Å². The van der Waals surface area contributed by atoms with Crippen molar-refractivity contribution in [3.8, 4) is 0 Å². The van der Waals surface area contributed by atoms with E-state index in [2.05, 4.69) is 10.6 Å². The Balaban J connectivity index is 3.15. The number of hydrogen-bond donors (Lipinski definition) is 3. The van der Waals surface area contributed by atoms with Gasteiger partial charge in [0, 0.05) is 31.5 Å². The van der Waals surface area contributed by atoms with Gasteiger partial charge in [0.15, 0.2) is 0 Å². The molecule has 0 spiro atoms. The van der Waals surface area contributed by atoms with Gasteiger partial charge in [-0.05, 0) is 46.6 Å². The van der Waals surface area contributed by atoms with Gasteiger partial charge in [-0.1, -0.05) is 13.0 Å². The van der Waals surface area contributed by atoms with E-state index in [9.17, 15) is 14.7 Å². The molecule has 1 heterocycles. The number of rotatable bonds is 10. The van der Waals surface area contributed by atoms with Crippen molar-refractivity contribution in [1.29, 1.82) is 0 Å². The first-order valence-electron chi connectivity index (χ1n) is 8.92. The summed E-state index contributed by atoms with van der Waals surface area (Å²) in [6.45, 7) is 6.51. The Hall–Kier alpha value is -1.86. The Morgan fingerprint density at radius 1 is 1.32 bits per heavy atom. The molecule has 1 aromatic rings. The molecule has 0 saturated heterocycles. The largest absolute Gasteiger partial charge is 0.393 e. The van der Waals surface area contributed by atoms with Crippen molar-refractivity contribution in [2.45, 2.75) is 59.1 Å². The molecule has 0 aromatic carbocycles. The molecule has 0 radical (unpaired) electrons. The SMILES string of the molecule is CC/C=C(/CNC)Nc1c(C)n(C)c(=O)n(CCCC[C@@H](C)O)c1=O. The number of unbranched alkanes of at least 4 members (excludes halogenated alkanes) is 1. The molecule has 0 aliphatic heterocycles. The molecule has 25 heavy (non-hydrogen) atoms. The van der Waals surface area contributed by atoms with Crippen LogP contribution in [0.1, 0.15) is 45.2 Å². The molecular weight excluding hydrogens is 320 g/mol. The lowest BCUT2D eigenvalue weighted by Gasteiger charge is -2.17. The topological polar surface area (TPSA) is 88.3 Å². The average molecular weight is 352 g/mol. The maximum atomic E-state index is 12.8. The third-order valence-electron chi connectivity index (χ3n) is 4.20. The second-order valence-electron chi connectivity index (χ2n) is 6.40. The minimum atomic E-state index is -0.363.